The molecule has 0 saturated heterocycles. The van der Waals surface area contributed by atoms with Crippen molar-refractivity contribution in [2.45, 2.75) is 49.8 Å². The fourth-order valence-electron chi connectivity index (χ4n) is 4.24. The van der Waals surface area contributed by atoms with Gasteiger partial charge in [-0.25, -0.2) is 17.9 Å². The van der Waals surface area contributed by atoms with Gasteiger partial charge in [0.25, 0.3) is 15.9 Å². The first-order valence-corrected chi connectivity index (χ1v) is 13.5. The molecule has 41 heavy (non-hydrogen) atoms. The van der Waals surface area contributed by atoms with Crippen molar-refractivity contribution in [1.29, 1.82) is 0 Å². The Balaban J connectivity index is 1.43. The van der Waals surface area contributed by atoms with Crippen LogP contribution in [-0.4, -0.2) is 38.2 Å². The molecule has 3 aromatic carbocycles. The number of aryl methyl sites for hydroxylation is 2. The van der Waals surface area contributed by atoms with Crippen LogP contribution >= 0.6 is 0 Å². The summed E-state index contributed by atoms with van der Waals surface area (Å²) < 4.78 is 150. The van der Waals surface area contributed by atoms with Crippen molar-refractivity contribution < 1.29 is 46.7 Å². The zero-order valence-electron chi connectivity index (χ0n) is 35.4. The van der Waals surface area contributed by atoms with E-state index in [-0.39, 0.29) is 34.3 Å². The number of carbonyl (C=O) groups excluding carboxylic acids is 2. The molecule has 1 fully saturated rings. The molecule has 0 spiro atoms. The van der Waals surface area contributed by atoms with Gasteiger partial charge in [0.15, 0.2) is 0 Å². The molecule has 4 aromatic rings. The topological polar surface area (TPSA) is 116 Å². The second-order valence-corrected chi connectivity index (χ2v) is 10.5. The second kappa shape index (κ2) is 11.7. The van der Waals surface area contributed by atoms with E-state index in [0.29, 0.717) is 11.1 Å². The Morgan fingerprint density at radius 3 is 2.63 bits per heavy atom. The molecular formula is C31H33N3O6S. The van der Waals surface area contributed by atoms with Gasteiger partial charge in [0.2, 0.25) is 0 Å². The highest BCUT2D eigenvalue weighted by Gasteiger charge is 2.22. The van der Waals surface area contributed by atoms with E-state index in [1.165, 1.54) is 61.8 Å². The number of sulfonamides is 1. The Labute approximate surface area is 259 Å². The molecule has 214 valence electrons. The largest absolute Gasteiger partial charge is 0.496 e. The molecule has 1 aliphatic carbocycles. The number of methoxy groups -OCH3 is 1. The third-order valence-electron chi connectivity index (χ3n) is 6.16. The molecule has 5 rings (SSSR count). The fourth-order valence-corrected chi connectivity index (χ4v) is 5.33. The molecule has 1 aromatic heterocycles. The van der Waals surface area contributed by atoms with Crippen molar-refractivity contribution in [3.05, 3.63) is 89.1 Å². The Bertz CT molecular complexity index is 2260. The van der Waals surface area contributed by atoms with Crippen molar-refractivity contribution in [2.75, 3.05) is 12.4 Å². The quantitative estimate of drug-likeness (QED) is 0.273. The highest BCUT2D eigenvalue weighted by molar-refractivity contribution is 7.90. The Kier molecular flexibility index (Phi) is 4.44. The summed E-state index contributed by atoms with van der Waals surface area (Å²) in [6.07, 6.45) is -16.0. The van der Waals surface area contributed by atoms with Gasteiger partial charge >= 0.3 is 6.09 Å². The van der Waals surface area contributed by atoms with Crippen LogP contribution in [0.3, 0.4) is 0 Å². The standard InChI is InChI=1S/C31H33N3O6S/c1-20-8-4-7-11-29(20)41(37,38)33-30(35)22-13-12-21(28(17-22)39-3)16-23-19-34(2)27-15-14-24(18-26(23)27)32-31(36)40-25-9-5-6-10-25/h4,7-8,11-15,17-19,25H,5-6,9-10,16H2,1-3H3,(H,32,36)(H,33,35)/i1D3,2D3,5D2,6D2,9D2,10D2. The number of amides is 2. The number of nitrogens with zero attached hydrogens (tertiary/aromatic N) is 1. The lowest BCUT2D eigenvalue weighted by Crippen LogP contribution is -2.31. The first kappa shape index (κ1) is 15.6. The number of benzene rings is 3. The van der Waals surface area contributed by atoms with Crippen molar-refractivity contribution >= 4 is 38.6 Å². The summed E-state index contributed by atoms with van der Waals surface area (Å²) >= 11 is 0. The molecule has 1 saturated carbocycles. The van der Waals surface area contributed by atoms with Gasteiger partial charge in [-0.15, -0.1) is 0 Å². The number of hydrogen-bond acceptors (Lipinski definition) is 6. The number of aromatic nitrogens is 1. The summed E-state index contributed by atoms with van der Waals surface area (Å²) in [6.45, 7) is -5.47. The van der Waals surface area contributed by atoms with Crippen LogP contribution in [0, 0.1) is 6.85 Å². The molecule has 1 aliphatic rings. The number of fused-ring (bicyclic) bond motifs is 1. The maximum atomic E-state index is 13.1. The number of anilines is 1. The zero-order valence-corrected chi connectivity index (χ0v) is 22.3. The van der Waals surface area contributed by atoms with E-state index in [0.717, 1.165) is 16.7 Å². The average Bonchev–Trinajstić information content (AvgIpc) is 3.46. The van der Waals surface area contributed by atoms with Gasteiger partial charge in [0.1, 0.15) is 11.9 Å². The minimum absolute atomic E-state index is 0.0348. The molecule has 1 heterocycles. The maximum absolute atomic E-state index is 13.1. The first-order valence-electron chi connectivity index (χ1n) is 19.0. The Hall–Kier alpha value is -4.31. The lowest BCUT2D eigenvalue weighted by Gasteiger charge is -2.13. The normalized spacial score (nSPS) is 24.3. The van der Waals surface area contributed by atoms with E-state index in [1.807, 2.05) is 4.72 Å². The van der Waals surface area contributed by atoms with E-state index in [9.17, 15) is 18.0 Å². The molecule has 0 bridgehead atoms. The fraction of sp³-hybridized carbons (Fsp3) is 0.290. The summed E-state index contributed by atoms with van der Waals surface area (Å²) in [4.78, 5) is 25.4. The predicted molar refractivity (Wildman–Crippen MR) is 157 cm³/mol. The lowest BCUT2D eigenvalue weighted by atomic mass is 10.0. The highest BCUT2D eigenvalue weighted by atomic mass is 32.2. The number of carbonyl (C=O) groups is 2. The maximum Gasteiger partial charge on any atom is 0.411 e. The van der Waals surface area contributed by atoms with Crippen LogP contribution in [0.15, 0.2) is 71.8 Å². The molecule has 9 nitrogen and oxygen atoms in total. The van der Waals surface area contributed by atoms with Gasteiger partial charge in [-0.2, -0.15) is 0 Å². The molecule has 2 amide bonds. The van der Waals surface area contributed by atoms with E-state index >= 15 is 0 Å². The van der Waals surface area contributed by atoms with Crippen molar-refractivity contribution in [3.63, 3.8) is 0 Å². The Morgan fingerprint density at radius 2 is 1.88 bits per heavy atom. The van der Waals surface area contributed by atoms with E-state index in [4.69, 9.17) is 28.7 Å². The summed E-state index contributed by atoms with van der Waals surface area (Å²) in [5, 5.41) is 2.55. The number of ether oxygens (including phenoxy) is 2. The van der Waals surface area contributed by atoms with E-state index in [1.54, 1.807) is 0 Å². The molecule has 0 aliphatic heterocycles. The van der Waals surface area contributed by atoms with Crippen molar-refractivity contribution in [2.24, 2.45) is 6.98 Å². The van der Waals surface area contributed by atoms with Crippen molar-refractivity contribution in [1.82, 2.24) is 9.29 Å². The summed E-state index contributed by atoms with van der Waals surface area (Å²) in [7, 11) is -3.37. The first-order chi connectivity index (χ1) is 25.1. The van der Waals surface area contributed by atoms with Crippen molar-refractivity contribution in [3.8, 4) is 5.75 Å². The number of hydrogen-bond donors (Lipinski definition) is 2. The van der Waals surface area contributed by atoms with Crippen LogP contribution in [0.2, 0.25) is 0 Å². The van der Waals surface area contributed by atoms with Crippen LogP contribution in [0.25, 0.3) is 10.9 Å². The monoisotopic (exact) mass is 589 g/mol. The zero-order chi connectivity index (χ0) is 41.3. The third-order valence-corrected chi connectivity index (χ3v) is 7.55. The number of nitrogens with one attached hydrogen (secondary N) is 2. The highest BCUT2D eigenvalue weighted by Crippen LogP contribution is 2.30. The van der Waals surface area contributed by atoms with Crippen LogP contribution < -0.4 is 14.8 Å². The van der Waals surface area contributed by atoms with Gasteiger partial charge in [-0.3, -0.25) is 10.1 Å². The third kappa shape index (κ3) is 6.22. The molecule has 0 unspecified atom stereocenters. The van der Waals surface area contributed by atoms with Gasteiger partial charge in [0, 0.05) is 60.9 Å². The Morgan fingerprint density at radius 1 is 1.07 bits per heavy atom. The molecule has 2 N–H and O–H groups in total. The second-order valence-electron chi connectivity index (χ2n) is 8.84. The summed E-state index contributed by atoms with van der Waals surface area (Å²) in [6, 6.07) is 12.7. The van der Waals surface area contributed by atoms with Gasteiger partial charge < -0.3 is 14.0 Å². The van der Waals surface area contributed by atoms with Crippen LogP contribution in [0.5, 0.6) is 5.75 Å². The van der Waals surface area contributed by atoms with Crippen LogP contribution in [0.1, 0.15) is 71.7 Å². The minimum Gasteiger partial charge on any atom is -0.496 e. The van der Waals surface area contributed by atoms with E-state index in [2.05, 4.69) is 5.32 Å². The van der Waals surface area contributed by atoms with Gasteiger partial charge in [0.05, 0.1) is 12.0 Å². The van der Waals surface area contributed by atoms with Gasteiger partial charge in [-0.05, 0) is 85.4 Å². The smallest absolute Gasteiger partial charge is 0.411 e. The molecular weight excluding hydrogens is 542 g/mol. The molecule has 10 heteroatoms. The summed E-state index contributed by atoms with van der Waals surface area (Å²) in [5.74, 6) is -1.02. The molecule has 0 radical (unpaired) electrons. The predicted octanol–water partition coefficient (Wildman–Crippen LogP) is 5.70. The van der Waals surface area contributed by atoms with E-state index < -0.39 is 77.9 Å². The number of rotatable bonds is 8. The minimum atomic E-state index is -4.64. The summed E-state index contributed by atoms with van der Waals surface area (Å²) in [5.41, 5.74) is 0.229. The molecule has 0 atom stereocenters. The van der Waals surface area contributed by atoms with Crippen LogP contribution in [0.4, 0.5) is 10.5 Å². The van der Waals surface area contributed by atoms with Gasteiger partial charge in [-0.1, -0.05) is 24.3 Å². The lowest BCUT2D eigenvalue weighted by molar-refractivity contribution is 0.0980. The SMILES string of the molecule is [2H]C([2H])([2H])c1ccccc1S(=O)(=O)NC(=O)c1ccc(Cc2cn(C([2H])([2H])[2H])c3ccc(NC(=O)OC4C([2H])([2H])C([2H])([2H])C([2H])([2H])C4([2H])[2H])cc23)c(OC)c1. The van der Waals surface area contributed by atoms with Crippen LogP contribution in [-0.2, 0) is 28.2 Å². The average molecular weight is 590 g/mol.